The average Bonchev–Trinajstić information content (AvgIpc) is 2.60. The molecule has 0 aliphatic carbocycles. The summed E-state index contributed by atoms with van der Waals surface area (Å²) in [5, 5.41) is 3.10. The van der Waals surface area contributed by atoms with Crippen LogP contribution in [0.1, 0.15) is 11.3 Å². The number of aromatic nitrogens is 2. The van der Waals surface area contributed by atoms with Crippen LogP contribution in [0.15, 0.2) is 65.6 Å². The molecule has 0 fully saturated rings. The van der Waals surface area contributed by atoms with Gasteiger partial charge in [-0.15, -0.1) is 0 Å². The fourth-order valence-corrected chi connectivity index (χ4v) is 2.87. The van der Waals surface area contributed by atoms with E-state index in [1.807, 2.05) is 49.4 Å². The van der Waals surface area contributed by atoms with Crippen LogP contribution in [0.25, 0.3) is 0 Å². The topological polar surface area (TPSA) is 87.0 Å². The summed E-state index contributed by atoms with van der Waals surface area (Å²) >= 11 is -1.79. The molecule has 0 radical (unpaired) electrons. The summed E-state index contributed by atoms with van der Waals surface area (Å²) in [6.45, 7) is 2.23. The second kappa shape index (κ2) is 7.87. The molecular weight excluding hydrogens is 338 g/mol. The van der Waals surface area contributed by atoms with Crippen molar-refractivity contribution < 1.29 is 13.5 Å². The fourth-order valence-electron chi connectivity index (χ4n) is 2.29. The Bertz CT molecular complexity index is 888. The number of anilines is 1. The van der Waals surface area contributed by atoms with E-state index in [1.54, 1.807) is 18.2 Å². The summed E-state index contributed by atoms with van der Waals surface area (Å²) in [7, 11) is 0. The molecule has 3 N–H and O–H groups in total. The molecule has 1 atom stereocenters. The van der Waals surface area contributed by atoms with Crippen molar-refractivity contribution in [3.63, 3.8) is 0 Å². The van der Waals surface area contributed by atoms with Crippen LogP contribution in [-0.2, 0) is 17.6 Å². The standard InChI is InChI=1S/C18H17N3O3S/c1-13-11-17(24-15-8-3-2-4-9-15)21-18(20-13)19-12-14-7-5-6-10-16(14)25(22)23/h2-11H,12H2,1H3,(H,22,23)(H,19,20,21)/p+1. The number of nitrogens with one attached hydrogen (secondary N) is 1. The third kappa shape index (κ3) is 4.62. The number of ether oxygens (including phenoxy) is 1. The van der Waals surface area contributed by atoms with E-state index < -0.39 is 11.1 Å². The van der Waals surface area contributed by atoms with Crippen molar-refractivity contribution in [1.82, 2.24) is 9.97 Å². The van der Waals surface area contributed by atoms with Crippen molar-refractivity contribution >= 4 is 17.0 Å². The van der Waals surface area contributed by atoms with E-state index in [4.69, 9.17) is 9.29 Å². The van der Waals surface area contributed by atoms with Gasteiger partial charge in [0.15, 0.2) is 0 Å². The third-order valence-corrected chi connectivity index (χ3v) is 4.20. The molecule has 1 unspecified atom stereocenters. The Labute approximate surface area is 148 Å². The van der Waals surface area contributed by atoms with Crippen molar-refractivity contribution in [3.05, 3.63) is 71.9 Å². The van der Waals surface area contributed by atoms with Gasteiger partial charge in [-0.2, -0.15) is 9.19 Å². The Balaban J connectivity index is 1.76. The Morgan fingerprint density at radius 1 is 1.08 bits per heavy atom. The number of hydrogen-bond acceptors (Lipinski definition) is 5. The van der Waals surface area contributed by atoms with E-state index in [-0.39, 0.29) is 0 Å². The SMILES string of the molecule is Cc1cc(Oc2ccccc2)nc(NCc2ccccc2S(=O)[OH2+])n1. The molecule has 1 heterocycles. The maximum absolute atomic E-state index is 11.5. The highest BCUT2D eigenvalue weighted by atomic mass is 32.2. The van der Waals surface area contributed by atoms with E-state index in [9.17, 15) is 4.21 Å². The molecule has 0 aliphatic rings. The lowest BCUT2D eigenvalue weighted by molar-refractivity contribution is 0.461. The van der Waals surface area contributed by atoms with Crippen molar-refractivity contribution in [2.45, 2.75) is 18.4 Å². The molecule has 3 aromatic rings. The predicted octanol–water partition coefficient (Wildman–Crippen LogP) is 2.94. The van der Waals surface area contributed by atoms with E-state index in [0.717, 1.165) is 11.3 Å². The van der Waals surface area contributed by atoms with Gasteiger partial charge in [0.05, 0.1) is 0 Å². The highest BCUT2D eigenvalue weighted by Crippen LogP contribution is 2.21. The number of para-hydroxylation sites is 1. The maximum atomic E-state index is 11.5. The number of nitrogens with zero attached hydrogens (tertiary/aromatic N) is 2. The molecule has 0 saturated heterocycles. The molecule has 0 spiro atoms. The van der Waals surface area contributed by atoms with Crippen molar-refractivity contribution in [1.29, 1.82) is 0 Å². The summed E-state index contributed by atoms with van der Waals surface area (Å²) in [6.07, 6.45) is 0. The lowest BCUT2D eigenvalue weighted by Gasteiger charge is -2.10. The zero-order valence-corrected chi connectivity index (χ0v) is 14.4. The summed E-state index contributed by atoms with van der Waals surface area (Å²) < 4.78 is 24.7. The monoisotopic (exact) mass is 356 g/mol. The quantitative estimate of drug-likeness (QED) is 0.686. The van der Waals surface area contributed by atoms with Gasteiger partial charge in [-0.1, -0.05) is 36.4 Å². The third-order valence-electron chi connectivity index (χ3n) is 3.41. The van der Waals surface area contributed by atoms with E-state index in [0.29, 0.717) is 29.0 Å². The Morgan fingerprint density at radius 2 is 1.80 bits per heavy atom. The first-order valence-corrected chi connectivity index (χ1v) is 8.80. The van der Waals surface area contributed by atoms with E-state index in [1.165, 1.54) is 0 Å². The number of aryl methyl sites for hydroxylation is 1. The molecule has 128 valence electrons. The lowest BCUT2D eigenvalue weighted by Crippen LogP contribution is -2.07. The molecule has 6 nitrogen and oxygen atoms in total. The predicted molar refractivity (Wildman–Crippen MR) is 97.1 cm³/mol. The van der Waals surface area contributed by atoms with Crippen LogP contribution in [0.3, 0.4) is 0 Å². The molecule has 0 bridgehead atoms. The summed E-state index contributed by atoms with van der Waals surface area (Å²) in [6, 6.07) is 18.3. The van der Waals surface area contributed by atoms with Gasteiger partial charge in [0.2, 0.25) is 11.8 Å². The van der Waals surface area contributed by atoms with Gasteiger partial charge in [0.1, 0.15) is 10.6 Å². The zero-order valence-electron chi connectivity index (χ0n) is 13.6. The Kier molecular flexibility index (Phi) is 5.37. The average molecular weight is 356 g/mol. The minimum atomic E-state index is -1.79. The number of hydrogen-bond donors (Lipinski definition) is 1. The zero-order chi connectivity index (χ0) is 17.6. The minimum Gasteiger partial charge on any atom is -0.439 e. The minimum absolute atomic E-state index is 0.370. The van der Waals surface area contributed by atoms with Crippen molar-refractivity contribution in [2.75, 3.05) is 5.32 Å². The van der Waals surface area contributed by atoms with Gasteiger partial charge in [-0.3, -0.25) is 0 Å². The smallest absolute Gasteiger partial charge is 0.336 e. The molecular formula is C18H18N3O3S+. The van der Waals surface area contributed by atoms with Gasteiger partial charge in [0, 0.05) is 18.3 Å². The molecule has 1 aromatic heterocycles. The molecule has 0 amide bonds. The van der Waals surface area contributed by atoms with Crippen LogP contribution < -0.4 is 10.1 Å². The largest absolute Gasteiger partial charge is 0.439 e. The van der Waals surface area contributed by atoms with Crippen LogP contribution in [0.4, 0.5) is 5.95 Å². The highest BCUT2D eigenvalue weighted by molar-refractivity contribution is 7.79. The summed E-state index contributed by atoms with van der Waals surface area (Å²) in [5.41, 5.74) is 1.53. The summed E-state index contributed by atoms with van der Waals surface area (Å²) in [5.74, 6) is 1.55. The first kappa shape index (κ1) is 17.1. The van der Waals surface area contributed by atoms with Crippen molar-refractivity contribution in [3.8, 4) is 11.6 Å². The van der Waals surface area contributed by atoms with Gasteiger partial charge >= 0.3 is 11.1 Å². The van der Waals surface area contributed by atoms with Gasteiger partial charge in [-0.05, 0) is 30.7 Å². The van der Waals surface area contributed by atoms with E-state index in [2.05, 4.69) is 15.3 Å². The molecule has 25 heavy (non-hydrogen) atoms. The van der Waals surface area contributed by atoms with Crippen LogP contribution in [0.2, 0.25) is 0 Å². The lowest BCUT2D eigenvalue weighted by atomic mass is 10.2. The van der Waals surface area contributed by atoms with Gasteiger partial charge in [-0.25, -0.2) is 4.98 Å². The highest BCUT2D eigenvalue weighted by Gasteiger charge is 2.11. The Morgan fingerprint density at radius 3 is 2.56 bits per heavy atom. The van der Waals surface area contributed by atoms with Crippen LogP contribution in [0.5, 0.6) is 11.6 Å². The fraction of sp³-hybridized carbons (Fsp3) is 0.111. The first-order chi connectivity index (χ1) is 12.1. The van der Waals surface area contributed by atoms with Crippen LogP contribution >= 0.6 is 0 Å². The first-order valence-electron chi connectivity index (χ1n) is 7.65. The van der Waals surface area contributed by atoms with Crippen molar-refractivity contribution in [2.24, 2.45) is 0 Å². The molecule has 7 heteroatoms. The molecule has 0 aliphatic heterocycles. The second-order valence-corrected chi connectivity index (χ2v) is 6.29. The molecule has 2 aromatic carbocycles. The maximum Gasteiger partial charge on any atom is 0.336 e. The van der Waals surface area contributed by atoms with Gasteiger partial charge in [0.25, 0.3) is 0 Å². The van der Waals surface area contributed by atoms with Gasteiger partial charge < -0.3 is 14.6 Å². The molecule has 3 rings (SSSR count). The van der Waals surface area contributed by atoms with Crippen LogP contribution in [-0.4, -0.2) is 18.7 Å². The summed E-state index contributed by atoms with van der Waals surface area (Å²) in [4.78, 5) is 9.17. The van der Waals surface area contributed by atoms with E-state index >= 15 is 0 Å². The Hall–Kier alpha value is -2.77. The molecule has 0 saturated carbocycles. The number of rotatable bonds is 6. The second-order valence-electron chi connectivity index (χ2n) is 5.32. The van der Waals surface area contributed by atoms with Crippen LogP contribution in [0, 0.1) is 6.92 Å². The normalized spacial score (nSPS) is 11.8. The number of benzene rings is 2.